The summed E-state index contributed by atoms with van der Waals surface area (Å²) in [5.74, 6) is 0.449. The van der Waals surface area contributed by atoms with Gasteiger partial charge in [-0.3, -0.25) is 4.79 Å². The first-order chi connectivity index (χ1) is 10.1. The molecule has 110 valence electrons. The maximum absolute atomic E-state index is 12.5. The SMILES string of the molecule is C[C@H]1CNCCN1C(=O)c1cc(-c2cccc(Cl)c2)on1. The molecule has 1 aliphatic heterocycles. The number of carbonyl (C=O) groups is 1. The van der Waals surface area contributed by atoms with Gasteiger partial charge in [0.1, 0.15) is 0 Å². The molecule has 6 heteroatoms. The zero-order valence-corrected chi connectivity index (χ0v) is 12.4. The lowest BCUT2D eigenvalue weighted by molar-refractivity contribution is 0.0645. The first-order valence-corrected chi connectivity index (χ1v) is 7.27. The Morgan fingerprint density at radius 1 is 1.48 bits per heavy atom. The number of benzene rings is 1. The number of halogens is 1. The lowest BCUT2D eigenvalue weighted by Gasteiger charge is -2.33. The molecule has 0 unspecified atom stereocenters. The predicted octanol–water partition coefficient (Wildman–Crippen LogP) is 2.43. The molecule has 2 aromatic rings. The fraction of sp³-hybridized carbons (Fsp3) is 0.333. The average Bonchev–Trinajstić information content (AvgIpc) is 2.97. The number of aromatic nitrogens is 1. The Morgan fingerprint density at radius 3 is 3.10 bits per heavy atom. The molecule has 1 saturated heterocycles. The van der Waals surface area contributed by atoms with Crippen LogP contribution in [0.2, 0.25) is 5.02 Å². The topological polar surface area (TPSA) is 58.4 Å². The second-order valence-electron chi connectivity index (χ2n) is 5.14. The minimum atomic E-state index is -0.0963. The van der Waals surface area contributed by atoms with Gasteiger partial charge in [0.05, 0.1) is 0 Å². The maximum atomic E-state index is 12.5. The highest BCUT2D eigenvalue weighted by Gasteiger charge is 2.26. The van der Waals surface area contributed by atoms with Crippen molar-refractivity contribution in [1.82, 2.24) is 15.4 Å². The molecule has 0 bridgehead atoms. The molecular weight excluding hydrogens is 290 g/mol. The summed E-state index contributed by atoms with van der Waals surface area (Å²) in [6, 6.07) is 9.09. The molecule has 2 heterocycles. The van der Waals surface area contributed by atoms with Crippen LogP contribution >= 0.6 is 11.6 Å². The summed E-state index contributed by atoms with van der Waals surface area (Å²) in [6.07, 6.45) is 0. The predicted molar refractivity (Wildman–Crippen MR) is 80.3 cm³/mol. The molecule has 0 saturated carbocycles. The smallest absolute Gasteiger partial charge is 0.276 e. The van der Waals surface area contributed by atoms with Crippen LogP contribution in [-0.4, -0.2) is 41.6 Å². The van der Waals surface area contributed by atoms with Crippen LogP contribution in [0.25, 0.3) is 11.3 Å². The molecule has 1 aliphatic rings. The van der Waals surface area contributed by atoms with Crippen LogP contribution in [0.3, 0.4) is 0 Å². The summed E-state index contributed by atoms with van der Waals surface area (Å²) >= 11 is 5.96. The summed E-state index contributed by atoms with van der Waals surface area (Å²) in [5.41, 5.74) is 1.14. The third-order valence-electron chi connectivity index (χ3n) is 3.60. The third-order valence-corrected chi connectivity index (χ3v) is 3.84. The molecule has 0 radical (unpaired) electrons. The second-order valence-corrected chi connectivity index (χ2v) is 5.57. The highest BCUT2D eigenvalue weighted by molar-refractivity contribution is 6.30. The number of carbonyl (C=O) groups excluding carboxylic acids is 1. The molecule has 1 aromatic heterocycles. The summed E-state index contributed by atoms with van der Waals surface area (Å²) in [6.45, 7) is 4.29. The van der Waals surface area contributed by atoms with Gasteiger partial charge in [-0.2, -0.15) is 0 Å². The number of hydrogen-bond acceptors (Lipinski definition) is 4. The van der Waals surface area contributed by atoms with Crippen molar-refractivity contribution in [1.29, 1.82) is 0 Å². The van der Waals surface area contributed by atoms with Crippen LogP contribution < -0.4 is 5.32 Å². The van der Waals surface area contributed by atoms with E-state index in [-0.39, 0.29) is 11.9 Å². The fourth-order valence-electron chi connectivity index (χ4n) is 2.44. The number of nitrogens with zero attached hydrogens (tertiary/aromatic N) is 2. The molecular formula is C15H16ClN3O2. The van der Waals surface area contributed by atoms with Crippen molar-refractivity contribution in [2.75, 3.05) is 19.6 Å². The summed E-state index contributed by atoms with van der Waals surface area (Å²) in [4.78, 5) is 14.3. The lowest BCUT2D eigenvalue weighted by atomic mass is 10.1. The molecule has 21 heavy (non-hydrogen) atoms. The first kappa shape index (κ1) is 14.1. The van der Waals surface area contributed by atoms with E-state index in [2.05, 4.69) is 10.5 Å². The van der Waals surface area contributed by atoms with Gasteiger partial charge in [0, 0.05) is 42.3 Å². The van der Waals surface area contributed by atoms with Crippen LogP contribution in [0.15, 0.2) is 34.9 Å². The van der Waals surface area contributed by atoms with Gasteiger partial charge in [-0.1, -0.05) is 28.9 Å². The van der Waals surface area contributed by atoms with Crippen LogP contribution in [0.4, 0.5) is 0 Å². The molecule has 1 atom stereocenters. The number of hydrogen-bond donors (Lipinski definition) is 1. The first-order valence-electron chi connectivity index (χ1n) is 6.89. The molecule has 0 spiro atoms. The van der Waals surface area contributed by atoms with E-state index in [0.29, 0.717) is 23.0 Å². The van der Waals surface area contributed by atoms with E-state index in [1.165, 1.54) is 0 Å². The van der Waals surface area contributed by atoms with Crippen LogP contribution in [0.5, 0.6) is 0 Å². The Kier molecular flexibility index (Phi) is 3.94. The minimum Gasteiger partial charge on any atom is -0.355 e. The Labute approximate surface area is 127 Å². The van der Waals surface area contributed by atoms with E-state index in [4.69, 9.17) is 16.1 Å². The maximum Gasteiger partial charge on any atom is 0.276 e. The van der Waals surface area contributed by atoms with E-state index in [9.17, 15) is 4.79 Å². The highest BCUT2D eigenvalue weighted by Crippen LogP contribution is 2.24. The number of amides is 1. The Morgan fingerprint density at radius 2 is 2.33 bits per heavy atom. The molecule has 1 N–H and O–H groups in total. The van der Waals surface area contributed by atoms with E-state index in [1.807, 2.05) is 24.0 Å². The Balaban J connectivity index is 1.83. The zero-order valence-electron chi connectivity index (χ0n) is 11.7. The fourth-order valence-corrected chi connectivity index (χ4v) is 2.63. The van der Waals surface area contributed by atoms with E-state index in [1.54, 1.807) is 18.2 Å². The Bertz CT molecular complexity index is 656. The number of piperazine rings is 1. The van der Waals surface area contributed by atoms with Gasteiger partial charge < -0.3 is 14.7 Å². The number of rotatable bonds is 2. The van der Waals surface area contributed by atoms with E-state index in [0.717, 1.165) is 18.7 Å². The van der Waals surface area contributed by atoms with E-state index >= 15 is 0 Å². The lowest BCUT2D eigenvalue weighted by Crippen LogP contribution is -2.52. The van der Waals surface area contributed by atoms with Crippen molar-refractivity contribution < 1.29 is 9.32 Å². The van der Waals surface area contributed by atoms with Crippen molar-refractivity contribution in [2.24, 2.45) is 0 Å². The van der Waals surface area contributed by atoms with Gasteiger partial charge in [0.25, 0.3) is 5.91 Å². The summed E-state index contributed by atoms with van der Waals surface area (Å²) in [5, 5.41) is 7.78. The molecule has 0 aliphatic carbocycles. The quantitative estimate of drug-likeness (QED) is 0.926. The van der Waals surface area contributed by atoms with Gasteiger partial charge in [-0.25, -0.2) is 0 Å². The summed E-state index contributed by atoms with van der Waals surface area (Å²) in [7, 11) is 0. The van der Waals surface area contributed by atoms with Gasteiger partial charge in [-0.15, -0.1) is 0 Å². The van der Waals surface area contributed by atoms with Crippen molar-refractivity contribution >= 4 is 17.5 Å². The third kappa shape index (κ3) is 2.94. The highest BCUT2D eigenvalue weighted by atomic mass is 35.5. The Hall–Kier alpha value is -1.85. The molecule has 1 aromatic carbocycles. The molecule has 5 nitrogen and oxygen atoms in total. The number of nitrogens with one attached hydrogen (secondary N) is 1. The van der Waals surface area contributed by atoms with Gasteiger partial charge in [0.2, 0.25) is 0 Å². The average molecular weight is 306 g/mol. The molecule has 3 rings (SSSR count). The van der Waals surface area contributed by atoms with Gasteiger partial charge in [0.15, 0.2) is 11.5 Å². The monoisotopic (exact) mass is 305 g/mol. The molecule has 1 fully saturated rings. The van der Waals surface area contributed by atoms with Gasteiger partial charge in [-0.05, 0) is 19.1 Å². The van der Waals surface area contributed by atoms with Crippen LogP contribution in [-0.2, 0) is 0 Å². The molecule has 1 amide bonds. The van der Waals surface area contributed by atoms with Crippen molar-refractivity contribution in [2.45, 2.75) is 13.0 Å². The van der Waals surface area contributed by atoms with Crippen LogP contribution in [0.1, 0.15) is 17.4 Å². The second kappa shape index (κ2) is 5.87. The standard InChI is InChI=1S/C15H16ClN3O2/c1-10-9-17-5-6-19(10)15(20)13-8-14(21-18-13)11-3-2-4-12(16)7-11/h2-4,7-8,10,17H,5-6,9H2,1H3/t10-/m0/s1. The minimum absolute atomic E-state index is 0.0963. The van der Waals surface area contributed by atoms with E-state index < -0.39 is 0 Å². The zero-order chi connectivity index (χ0) is 14.8. The van der Waals surface area contributed by atoms with Crippen molar-refractivity contribution in [3.05, 3.63) is 41.0 Å². The summed E-state index contributed by atoms with van der Waals surface area (Å²) < 4.78 is 5.28. The largest absolute Gasteiger partial charge is 0.355 e. The van der Waals surface area contributed by atoms with Crippen molar-refractivity contribution in [3.63, 3.8) is 0 Å². The van der Waals surface area contributed by atoms with Gasteiger partial charge >= 0.3 is 0 Å². The van der Waals surface area contributed by atoms with Crippen LogP contribution in [0, 0.1) is 0 Å². The van der Waals surface area contributed by atoms with Crippen molar-refractivity contribution in [3.8, 4) is 11.3 Å². The normalized spacial score (nSPS) is 18.8.